The van der Waals surface area contributed by atoms with Gasteiger partial charge < -0.3 is 15.0 Å². The van der Waals surface area contributed by atoms with Crippen LogP contribution < -0.4 is 5.32 Å². The molecule has 2 aliphatic heterocycles. The number of halogens is 1. The summed E-state index contributed by atoms with van der Waals surface area (Å²) in [7, 11) is 1.88. The molecule has 142 valence electrons. The monoisotopic (exact) mass is 478 g/mol. The van der Waals surface area contributed by atoms with Gasteiger partial charge in [-0.25, -0.2) is 0 Å². The van der Waals surface area contributed by atoms with Gasteiger partial charge in [-0.1, -0.05) is 0 Å². The van der Waals surface area contributed by atoms with Crippen LogP contribution in [0.2, 0.25) is 0 Å². The molecule has 0 aliphatic carbocycles. The van der Waals surface area contributed by atoms with E-state index in [1.54, 1.807) is 4.88 Å². The summed E-state index contributed by atoms with van der Waals surface area (Å²) in [4.78, 5) is 10.9. The Hall–Kier alpha value is -0.380. The summed E-state index contributed by atoms with van der Waals surface area (Å²) < 4.78 is 5.73. The summed E-state index contributed by atoms with van der Waals surface area (Å²) in [6.07, 6.45) is 3.83. The maximum Gasteiger partial charge on any atom is 0.193 e. The lowest BCUT2D eigenvalue weighted by Gasteiger charge is -2.34. The molecule has 0 unspecified atom stereocenters. The first kappa shape index (κ1) is 20.9. The van der Waals surface area contributed by atoms with Crippen molar-refractivity contribution in [3.8, 4) is 0 Å². The zero-order valence-electron chi connectivity index (χ0n) is 15.4. The molecule has 2 aliphatic rings. The number of ether oxygens (including phenoxy) is 1. The highest BCUT2D eigenvalue weighted by Gasteiger charge is 2.22. The number of hydrogen-bond donors (Lipinski definition) is 1. The molecule has 0 aromatic carbocycles. The molecule has 3 heterocycles. The number of hydrogen-bond acceptors (Lipinski definition) is 4. The van der Waals surface area contributed by atoms with Crippen molar-refractivity contribution >= 4 is 41.3 Å². The van der Waals surface area contributed by atoms with Crippen molar-refractivity contribution in [3.63, 3.8) is 0 Å². The molecule has 1 saturated heterocycles. The van der Waals surface area contributed by atoms with E-state index in [0.717, 1.165) is 58.1 Å². The average molecular weight is 478 g/mol. The molecule has 5 nitrogen and oxygen atoms in total. The van der Waals surface area contributed by atoms with Gasteiger partial charge in [0.15, 0.2) is 5.96 Å². The van der Waals surface area contributed by atoms with E-state index in [4.69, 9.17) is 4.74 Å². The normalized spacial score (nSPS) is 19.4. The van der Waals surface area contributed by atoms with Gasteiger partial charge in [-0.2, -0.15) is 0 Å². The second kappa shape index (κ2) is 10.7. The van der Waals surface area contributed by atoms with E-state index < -0.39 is 0 Å². The van der Waals surface area contributed by atoms with Crippen molar-refractivity contribution in [1.82, 2.24) is 15.1 Å². The molecule has 0 saturated carbocycles. The molecular formula is C18H31IN4OS. The number of nitrogens with zero attached hydrogens (tertiary/aromatic N) is 3. The Morgan fingerprint density at radius 1 is 1.36 bits per heavy atom. The molecule has 1 fully saturated rings. The largest absolute Gasteiger partial charge is 0.378 e. The number of guanidine groups is 1. The molecule has 1 aromatic rings. The fourth-order valence-corrected chi connectivity index (χ4v) is 4.52. The third-order valence-corrected chi connectivity index (χ3v) is 5.98. The number of nitrogens with one attached hydrogen (secondary N) is 1. The number of rotatable bonds is 5. The van der Waals surface area contributed by atoms with Crippen molar-refractivity contribution in [2.24, 2.45) is 4.99 Å². The molecule has 0 radical (unpaired) electrons. The molecule has 0 amide bonds. The third kappa shape index (κ3) is 5.80. The Kier molecular flexibility index (Phi) is 8.95. The third-order valence-electron chi connectivity index (χ3n) is 4.95. The minimum atomic E-state index is 0. The van der Waals surface area contributed by atoms with E-state index in [1.165, 1.54) is 18.5 Å². The van der Waals surface area contributed by atoms with Crippen LogP contribution in [0.3, 0.4) is 0 Å². The minimum Gasteiger partial charge on any atom is -0.378 e. The van der Waals surface area contributed by atoms with Gasteiger partial charge >= 0.3 is 0 Å². The van der Waals surface area contributed by atoms with Crippen LogP contribution >= 0.6 is 35.3 Å². The van der Waals surface area contributed by atoms with Gasteiger partial charge in [0, 0.05) is 57.8 Å². The number of likely N-dealkylation sites (tertiary alicyclic amines) is 1. The van der Waals surface area contributed by atoms with Crippen LogP contribution in [-0.2, 0) is 17.7 Å². The summed E-state index contributed by atoms with van der Waals surface area (Å²) in [5.74, 6) is 1.04. The van der Waals surface area contributed by atoms with Crippen LogP contribution in [0.5, 0.6) is 0 Å². The second-order valence-electron chi connectivity index (χ2n) is 6.51. The van der Waals surface area contributed by atoms with Gasteiger partial charge in [-0.15, -0.1) is 35.3 Å². The molecule has 0 atom stereocenters. The van der Waals surface area contributed by atoms with Gasteiger partial charge in [-0.05, 0) is 43.2 Å². The van der Waals surface area contributed by atoms with E-state index in [0.29, 0.717) is 6.10 Å². The number of thiophene rings is 1. The van der Waals surface area contributed by atoms with Crippen LogP contribution in [0.25, 0.3) is 0 Å². The lowest BCUT2D eigenvalue weighted by Crippen LogP contribution is -2.48. The van der Waals surface area contributed by atoms with E-state index in [9.17, 15) is 0 Å². The highest BCUT2D eigenvalue weighted by molar-refractivity contribution is 14.0. The molecule has 0 spiro atoms. The fourth-order valence-electron chi connectivity index (χ4n) is 3.63. The Bertz CT molecular complexity index is 543. The zero-order chi connectivity index (χ0) is 16.8. The van der Waals surface area contributed by atoms with Gasteiger partial charge in [-0.3, -0.25) is 9.89 Å². The van der Waals surface area contributed by atoms with Crippen LogP contribution in [-0.4, -0.2) is 68.2 Å². The standard InChI is InChI=1S/C18H30N4OS.HI/c1-3-23-16-4-10-22(11-5-16)18(19-2)20-8-12-21-9-6-17-15(14-21)7-13-24-17;/h7,13,16H,3-6,8-12,14H2,1-2H3,(H,19,20);1H. The Morgan fingerprint density at radius 3 is 2.88 bits per heavy atom. The van der Waals surface area contributed by atoms with Crippen molar-refractivity contribution in [2.75, 3.05) is 46.4 Å². The van der Waals surface area contributed by atoms with Crippen molar-refractivity contribution in [1.29, 1.82) is 0 Å². The van der Waals surface area contributed by atoms with E-state index in [1.807, 2.05) is 18.4 Å². The average Bonchev–Trinajstić information content (AvgIpc) is 3.08. The SMILES string of the molecule is CCOC1CCN(C(=NC)NCCN2CCc3sccc3C2)CC1.I. The molecule has 25 heavy (non-hydrogen) atoms. The summed E-state index contributed by atoms with van der Waals surface area (Å²) >= 11 is 1.90. The van der Waals surface area contributed by atoms with Crippen molar-refractivity contribution < 1.29 is 4.74 Å². The summed E-state index contributed by atoms with van der Waals surface area (Å²) in [6.45, 7) is 9.26. The van der Waals surface area contributed by atoms with Crippen LogP contribution in [0.1, 0.15) is 30.2 Å². The minimum absolute atomic E-state index is 0. The lowest BCUT2D eigenvalue weighted by molar-refractivity contribution is 0.0263. The zero-order valence-corrected chi connectivity index (χ0v) is 18.5. The lowest BCUT2D eigenvalue weighted by atomic mass is 10.1. The van der Waals surface area contributed by atoms with Gasteiger partial charge in [0.2, 0.25) is 0 Å². The predicted molar refractivity (Wildman–Crippen MR) is 116 cm³/mol. The van der Waals surface area contributed by atoms with E-state index in [2.05, 4.69) is 38.5 Å². The Morgan fingerprint density at radius 2 is 2.16 bits per heavy atom. The van der Waals surface area contributed by atoms with Crippen LogP contribution in [0, 0.1) is 0 Å². The molecule has 0 bridgehead atoms. The summed E-state index contributed by atoms with van der Waals surface area (Å²) in [5, 5.41) is 5.77. The van der Waals surface area contributed by atoms with Gasteiger partial charge in [0.05, 0.1) is 6.10 Å². The quantitative estimate of drug-likeness (QED) is 0.402. The van der Waals surface area contributed by atoms with E-state index >= 15 is 0 Å². The van der Waals surface area contributed by atoms with E-state index in [-0.39, 0.29) is 24.0 Å². The first-order valence-corrected chi connectivity index (χ1v) is 10.0. The molecule has 3 rings (SSSR count). The number of fused-ring (bicyclic) bond motifs is 1. The summed E-state index contributed by atoms with van der Waals surface area (Å²) in [6, 6.07) is 2.28. The number of aliphatic imine (C=N–C) groups is 1. The molecule has 7 heteroatoms. The number of piperidine rings is 1. The van der Waals surface area contributed by atoms with Gasteiger partial charge in [0.1, 0.15) is 0 Å². The topological polar surface area (TPSA) is 40.1 Å². The second-order valence-corrected chi connectivity index (χ2v) is 7.51. The highest BCUT2D eigenvalue weighted by atomic mass is 127. The van der Waals surface area contributed by atoms with Crippen LogP contribution in [0.15, 0.2) is 16.4 Å². The van der Waals surface area contributed by atoms with Crippen molar-refractivity contribution in [3.05, 3.63) is 21.9 Å². The first-order chi connectivity index (χ1) is 11.8. The molecule has 1 aromatic heterocycles. The smallest absolute Gasteiger partial charge is 0.193 e. The maximum atomic E-state index is 5.73. The fraction of sp³-hybridized carbons (Fsp3) is 0.722. The Balaban J connectivity index is 0.00000225. The highest BCUT2D eigenvalue weighted by Crippen LogP contribution is 2.23. The summed E-state index contributed by atoms with van der Waals surface area (Å²) in [5.41, 5.74) is 1.52. The predicted octanol–water partition coefficient (Wildman–Crippen LogP) is 2.80. The first-order valence-electron chi connectivity index (χ1n) is 9.15. The Labute approximate surface area is 172 Å². The van der Waals surface area contributed by atoms with Crippen LogP contribution in [0.4, 0.5) is 0 Å². The molecular weight excluding hydrogens is 447 g/mol. The molecule has 1 N–H and O–H groups in total. The maximum absolute atomic E-state index is 5.73. The van der Waals surface area contributed by atoms with Crippen molar-refractivity contribution in [2.45, 2.75) is 38.8 Å². The van der Waals surface area contributed by atoms with Gasteiger partial charge in [0.25, 0.3) is 0 Å².